The second-order valence-corrected chi connectivity index (χ2v) is 8.05. The number of hydrogen-bond donors (Lipinski definition) is 1. The first kappa shape index (κ1) is 17.7. The second-order valence-electron chi connectivity index (χ2n) is 8.05. The maximum atomic E-state index is 3.76. The highest BCUT2D eigenvalue weighted by Crippen LogP contribution is 2.28. The first-order chi connectivity index (χ1) is 11.9. The molecule has 0 saturated heterocycles. The Hall–Kier alpha value is -2.12. The molecule has 0 fully saturated rings. The van der Waals surface area contributed by atoms with Gasteiger partial charge in [-0.3, -0.25) is 0 Å². The molecule has 130 valence electrons. The molecule has 0 radical (unpaired) electrons. The van der Waals surface area contributed by atoms with Gasteiger partial charge in [0.1, 0.15) is 0 Å². The third-order valence-electron chi connectivity index (χ3n) is 5.07. The van der Waals surface area contributed by atoms with Crippen LogP contribution >= 0.6 is 0 Å². The summed E-state index contributed by atoms with van der Waals surface area (Å²) < 4.78 is 0. The van der Waals surface area contributed by atoms with Gasteiger partial charge < -0.3 is 5.32 Å². The van der Waals surface area contributed by atoms with Crippen molar-refractivity contribution in [1.82, 2.24) is 5.32 Å². The highest BCUT2D eigenvalue weighted by atomic mass is 14.9. The van der Waals surface area contributed by atoms with Gasteiger partial charge in [-0.2, -0.15) is 0 Å². The van der Waals surface area contributed by atoms with Crippen molar-refractivity contribution in [2.45, 2.75) is 52.1 Å². The number of rotatable bonds is 4. The third-order valence-corrected chi connectivity index (χ3v) is 5.07. The summed E-state index contributed by atoms with van der Waals surface area (Å²) in [6.45, 7) is 11.3. The first-order valence-corrected chi connectivity index (χ1v) is 9.20. The molecule has 0 aliphatic heterocycles. The van der Waals surface area contributed by atoms with E-state index >= 15 is 0 Å². The molecule has 0 spiro atoms. The maximum absolute atomic E-state index is 3.76. The second kappa shape index (κ2) is 7.01. The summed E-state index contributed by atoms with van der Waals surface area (Å²) in [5.74, 6) is 0. The Bertz CT molecular complexity index is 835. The average Bonchev–Trinajstić information content (AvgIpc) is 2.60. The molecular weight excluding hydrogens is 302 g/mol. The number of hydrogen-bond acceptors (Lipinski definition) is 1. The van der Waals surface area contributed by atoms with E-state index in [1.54, 1.807) is 0 Å². The van der Waals surface area contributed by atoms with Gasteiger partial charge in [0.2, 0.25) is 0 Å². The molecule has 0 bridgehead atoms. The minimum Gasteiger partial charge on any atom is -0.304 e. The largest absolute Gasteiger partial charge is 0.304 e. The van der Waals surface area contributed by atoms with E-state index in [-0.39, 0.29) is 5.41 Å². The van der Waals surface area contributed by atoms with Crippen LogP contribution < -0.4 is 5.32 Å². The highest BCUT2D eigenvalue weighted by molar-refractivity contribution is 5.86. The molecular formula is C24H29N. The van der Waals surface area contributed by atoms with E-state index in [2.05, 4.69) is 107 Å². The van der Waals surface area contributed by atoms with Gasteiger partial charge in [-0.25, -0.2) is 0 Å². The van der Waals surface area contributed by atoms with Crippen LogP contribution in [0.5, 0.6) is 0 Å². The maximum Gasteiger partial charge on any atom is 0.0303 e. The first-order valence-electron chi connectivity index (χ1n) is 9.20. The Morgan fingerprint density at radius 1 is 0.720 bits per heavy atom. The fourth-order valence-corrected chi connectivity index (χ4v) is 3.46. The molecule has 25 heavy (non-hydrogen) atoms. The van der Waals surface area contributed by atoms with Crippen molar-refractivity contribution in [3.8, 4) is 0 Å². The van der Waals surface area contributed by atoms with Crippen LogP contribution in [-0.2, 0) is 5.41 Å². The monoisotopic (exact) mass is 331 g/mol. The minimum atomic E-state index is 0.200. The third kappa shape index (κ3) is 3.93. The van der Waals surface area contributed by atoms with Crippen molar-refractivity contribution < 1.29 is 0 Å². The predicted molar refractivity (Wildman–Crippen MR) is 109 cm³/mol. The van der Waals surface area contributed by atoms with E-state index in [1.807, 2.05) is 0 Å². The molecule has 3 aromatic carbocycles. The zero-order chi connectivity index (χ0) is 18.0. The number of fused-ring (bicyclic) bond motifs is 1. The summed E-state index contributed by atoms with van der Waals surface area (Å²) in [6.07, 6.45) is 0. The van der Waals surface area contributed by atoms with Crippen LogP contribution in [0.15, 0.2) is 66.7 Å². The Labute approximate surface area is 152 Å². The fourth-order valence-electron chi connectivity index (χ4n) is 3.46. The molecule has 1 nitrogen and oxygen atoms in total. The molecule has 0 amide bonds. The Kier molecular flexibility index (Phi) is 4.96. The van der Waals surface area contributed by atoms with Crippen molar-refractivity contribution in [1.29, 1.82) is 0 Å². The normalized spacial score (nSPS) is 14.4. The number of nitrogens with one attached hydrogen (secondary N) is 1. The summed E-state index contributed by atoms with van der Waals surface area (Å²) in [6, 6.07) is 24.8. The van der Waals surface area contributed by atoms with Gasteiger partial charge in [-0.1, -0.05) is 87.5 Å². The topological polar surface area (TPSA) is 12.0 Å². The minimum absolute atomic E-state index is 0.200. The average molecular weight is 332 g/mol. The van der Waals surface area contributed by atoms with Crippen LogP contribution in [0.4, 0.5) is 0 Å². The van der Waals surface area contributed by atoms with E-state index in [0.717, 1.165) is 0 Å². The van der Waals surface area contributed by atoms with Gasteiger partial charge in [0, 0.05) is 12.1 Å². The van der Waals surface area contributed by atoms with Crippen molar-refractivity contribution in [2.24, 2.45) is 0 Å². The van der Waals surface area contributed by atoms with E-state index in [4.69, 9.17) is 0 Å². The van der Waals surface area contributed by atoms with Crippen LogP contribution in [0, 0.1) is 0 Å². The van der Waals surface area contributed by atoms with Crippen LogP contribution in [0.1, 0.15) is 63.4 Å². The summed E-state index contributed by atoms with van der Waals surface area (Å²) in [7, 11) is 0. The van der Waals surface area contributed by atoms with Gasteiger partial charge >= 0.3 is 0 Å². The lowest BCUT2D eigenvalue weighted by molar-refractivity contribution is 0.496. The quantitative estimate of drug-likeness (QED) is 0.571. The highest BCUT2D eigenvalue weighted by Gasteiger charge is 2.16. The molecule has 0 saturated carbocycles. The smallest absolute Gasteiger partial charge is 0.0303 e. The van der Waals surface area contributed by atoms with Crippen molar-refractivity contribution in [3.05, 3.63) is 83.4 Å². The lowest BCUT2D eigenvalue weighted by Gasteiger charge is -2.24. The fraction of sp³-hybridized carbons (Fsp3) is 0.333. The van der Waals surface area contributed by atoms with Crippen LogP contribution in [0.3, 0.4) is 0 Å². The van der Waals surface area contributed by atoms with Gasteiger partial charge in [0.15, 0.2) is 0 Å². The van der Waals surface area contributed by atoms with Crippen molar-refractivity contribution >= 4 is 10.8 Å². The Morgan fingerprint density at radius 2 is 1.36 bits per heavy atom. The van der Waals surface area contributed by atoms with Gasteiger partial charge in [-0.05, 0) is 46.7 Å². The van der Waals surface area contributed by atoms with Crippen LogP contribution in [0.25, 0.3) is 10.8 Å². The molecule has 3 rings (SSSR count). The zero-order valence-electron chi connectivity index (χ0n) is 16.0. The van der Waals surface area contributed by atoms with E-state index in [1.165, 1.54) is 27.5 Å². The lowest BCUT2D eigenvalue weighted by atomic mass is 9.86. The predicted octanol–water partition coefficient (Wildman–Crippen LogP) is 6.55. The molecule has 1 heteroatoms. The summed E-state index contributed by atoms with van der Waals surface area (Å²) >= 11 is 0. The van der Waals surface area contributed by atoms with E-state index in [0.29, 0.717) is 12.1 Å². The molecule has 0 aliphatic rings. The van der Waals surface area contributed by atoms with Crippen LogP contribution in [-0.4, -0.2) is 0 Å². The SMILES string of the molecule is CC(N[C@H](C)c1cccc2ccccc12)c1ccc(C(C)(C)C)cc1. The standard InChI is InChI=1S/C24H29N/c1-17(19-13-15-21(16-14-19)24(3,4)5)25-18(2)22-12-8-10-20-9-6-7-11-23(20)22/h6-18,25H,1-5H3/t17?,18-/m1/s1. The van der Waals surface area contributed by atoms with Gasteiger partial charge in [0.25, 0.3) is 0 Å². The number of benzene rings is 3. The Morgan fingerprint density at radius 3 is 2.04 bits per heavy atom. The van der Waals surface area contributed by atoms with Gasteiger partial charge in [-0.15, -0.1) is 0 Å². The zero-order valence-corrected chi connectivity index (χ0v) is 16.0. The van der Waals surface area contributed by atoms with Crippen molar-refractivity contribution in [2.75, 3.05) is 0 Å². The molecule has 0 aromatic heterocycles. The van der Waals surface area contributed by atoms with E-state index < -0.39 is 0 Å². The molecule has 1 unspecified atom stereocenters. The van der Waals surface area contributed by atoms with Crippen LogP contribution in [0.2, 0.25) is 0 Å². The van der Waals surface area contributed by atoms with Gasteiger partial charge in [0.05, 0.1) is 0 Å². The Balaban J connectivity index is 1.79. The summed E-state index contributed by atoms with van der Waals surface area (Å²) in [4.78, 5) is 0. The molecule has 0 aliphatic carbocycles. The molecule has 1 N–H and O–H groups in total. The van der Waals surface area contributed by atoms with Crippen molar-refractivity contribution in [3.63, 3.8) is 0 Å². The molecule has 3 aromatic rings. The summed E-state index contributed by atoms with van der Waals surface area (Å²) in [5, 5.41) is 6.40. The summed E-state index contributed by atoms with van der Waals surface area (Å²) in [5.41, 5.74) is 4.27. The molecule has 2 atom stereocenters. The molecule has 0 heterocycles. The van der Waals surface area contributed by atoms with E-state index in [9.17, 15) is 0 Å². The lowest BCUT2D eigenvalue weighted by Crippen LogP contribution is -2.23.